The van der Waals surface area contributed by atoms with E-state index in [4.69, 9.17) is 27.9 Å². The van der Waals surface area contributed by atoms with Crippen molar-refractivity contribution in [2.75, 3.05) is 31.6 Å². The fraction of sp³-hybridized carbons (Fsp3) is 0.278. The first-order valence-electron chi connectivity index (χ1n) is 7.77. The number of hydrogen-bond acceptors (Lipinski definition) is 3. The van der Waals surface area contributed by atoms with Crippen LogP contribution in [-0.2, 0) is 9.53 Å². The number of nitrogens with one attached hydrogen (secondary N) is 1. The van der Waals surface area contributed by atoms with E-state index in [0.29, 0.717) is 42.0 Å². The number of amides is 1. The van der Waals surface area contributed by atoms with Crippen LogP contribution in [0.25, 0.3) is 0 Å². The Labute approximate surface area is 151 Å². The van der Waals surface area contributed by atoms with Crippen molar-refractivity contribution in [1.82, 2.24) is 4.90 Å². The Hall–Kier alpha value is -1.59. The lowest BCUT2D eigenvalue weighted by Gasteiger charge is -2.33. The minimum Gasteiger partial charge on any atom is -0.379 e. The Morgan fingerprint density at radius 2 is 1.67 bits per heavy atom. The molecule has 1 aliphatic heterocycles. The summed E-state index contributed by atoms with van der Waals surface area (Å²) in [5.41, 5.74) is 1.54. The van der Waals surface area contributed by atoms with E-state index in [2.05, 4.69) is 10.2 Å². The number of rotatable bonds is 4. The Balaban J connectivity index is 1.85. The van der Waals surface area contributed by atoms with Crippen LogP contribution in [0.15, 0.2) is 48.5 Å². The predicted molar refractivity (Wildman–Crippen MR) is 96.7 cm³/mol. The van der Waals surface area contributed by atoms with Crippen LogP contribution in [-0.4, -0.2) is 37.1 Å². The van der Waals surface area contributed by atoms with Crippen molar-refractivity contribution in [3.05, 3.63) is 64.1 Å². The number of morpholine rings is 1. The number of hydrogen-bond donors (Lipinski definition) is 1. The molecule has 1 fully saturated rings. The molecule has 0 radical (unpaired) electrons. The van der Waals surface area contributed by atoms with Gasteiger partial charge in [0, 0.05) is 28.8 Å². The maximum absolute atomic E-state index is 13.0. The van der Waals surface area contributed by atoms with Gasteiger partial charge in [0.1, 0.15) is 6.04 Å². The van der Waals surface area contributed by atoms with Gasteiger partial charge in [-0.05, 0) is 23.8 Å². The lowest BCUT2D eigenvalue weighted by molar-refractivity contribution is -0.123. The van der Waals surface area contributed by atoms with Crippen molar-refractivity contribution in [2.45, 2.75) is 6.04 Å². The van der Waals surface area contributed by atoms with Crippen molar-refractivity contribution < 1.29 is 9.53 Å². The van der Waals surface area contributed by atoms with Gasteiger partial charge in [-0.25, -0.2) is 0 Å². The summed E-state index contributed by atoms with van der Waals surface area (Å²) in [4.78, 5) is 15.1. The van der Waals surface area contributed by atoms with Crippen LogP contribution in [0.5, 0.6) is 0 Å². The summed E-state index contributed by atoms with van der Waals surface area (Å²) in [5.74, 6) is -0.110. The summed E-state index contributed by atoms with van der Waals surface area (Å²) >= 11 is 12.0. The van der Waals surface area contributed by atoms with Crippen LogP contribution in [0, 0.1) is 0 Å². The van der Waals surface area contributed by atoms with E-state index < -0.39 is 0 Å². The Bertz CT molecular complexity index is 683. The molecule has 1 unspecified atom stereocenters. The maximum Gasteiger partial charge on any atom is 0.246 e. The van der Waals surface area contributed by atoms with Crippen molar-refractivity contribution in [1.29, 1.82) is 0 Å². The van der Waals surface area contributed by atoms with E-state index >= 15 is 0 Å². The lowest BCUT2D eigenvalue weighted by Crippen LogP contribution is -2.43. The zero-order chi connectivity index (χ0) is 16.9. The Morgan fingerprint density at radius 3 is 2.29 bits per heavy atom. The molecule has 1 aliphatic rings. The summed E-state index contributed by atoms with van der Waals surface area (Å²) in [7, 11) is 0. The number of benzene rings is 2. The molecule has 0 saturated carbocycles. The molecule has 1 N–H and O–H groups in total. The molecule has 126 valence electrons. The van der Waals surface area contributed by atoms with E-state index in [1.54, 1.807) is 18.2 Å². The van der Waals surface area contributed by atoms with Crippen molar-refractivity contribution in [2.24, 2.45) is 0 Å². The SMILES string of the molecule is O=C(Nc1cc(Cl)cc(Cl)c1)C(c1ccccc1)N1CCOCC1. The Morgan fingerprint density at radius 1 is 1.04 bits per heavy atom. The number of nitrogens with zero attached hydrogens (tertiary/aromatic N) is 1. The number of carbonyl (C=O) groups is 1. The zero-order valence-electron chi connectivity index (χ0n) is 13.0. The third kappa shape index (κ3) is 4.28. The number of halogens is 2. The van der Waals surface area contributed by atoms with Crippen LogP contribution in [0.1, 0.15) is 11.6 Å². The molecule has 0 aliphatic carbocycles. The molecule has 1 heterocycles. The summed E-state index contributed by atoms with van der Waals surface area (Å²) in [6, 6.07) is 14.4. The third-order valence-electron chi connectivity index (χ3n) is 3.90. The highest BCUT2D eigenvalue weighted by molar-refractivity contribution is 6.35. The predicted octanol–water partition coefficient (Wildman–Crippen LogP) is 4.01. The standard InChI is InChI=1S/C18H18Cl2N2O2/c19-14-10-15(20)12-16(11-14)21-18(23)17(13-4-2-1-3-5-13)22-6-8-24-9-7-22/h1-5,10-12,17H,6-9H2,(H,21,23). The normalized spacial score (nSPS) is 16.6. The first kappa shape index (κ1) is 17.2. The molecule has 2 aromatic rings. The van der Waals surface area contributed by atoms with Crippen LogP contribution in [0.3, 0.4) is 0 Å². The summed E-state index contributed by atoms with van der Waals surface area (Å²) in [5, 5.41) is 3.90. The topological polar surface area (TPSA) is 41.6 Å². The molecule has 3 rings (SSSR count). The number of carbonyl (C=O) groups excluding carboxylic acids is 1. The van der Waals surface area contributed by atoms with E-state index in [9.17, 15) is 4.79 Å². The van der Waals surface area contributed by atoms with Crippen molar-refractivity contribution >= 4 is 34.8 Å². The molecular weight excluding hydrogens is 347 g/mol. The molecule has 4 nitrogen and oxygen atoms in total. The van der Waals surface area contributed by atoms with Gasteiger partial charge in [0.05, 0.1) is 13.2 Å². The van der Waals surface area contributed by atoms with Crippen molar-refractivity contribution in [3.8, 4) is 0 Å². The van der Waals surface area contributed by atoms with E-state index in [1.807, 2.05) is 30.3 Å². The fourth-order valence-electron chi connectivity index (χ4n) is 2.84. The molecule has 6 heteroatoms. The lowest BCUT2D eigenvalue weighted by atomic mass is 10.0. The highest BCUT2D eigenvalue weighted by atomic mass is 35.5. The zero-order valence-corrected chi connectivity index (χ0v) is 14.6. The quantitative estimate of drug-likeness (QED) is 0.890. The summed E-state index contributed by atoms with van der Waals surface area (Å²) < 4.78 is 5.41. The van der Waals surface area contributed by atoms with Gasteiger partial charge in [-0.15, -0.1) is 0 Å². The van der Waals surface area contributed by atoms with Crippen LogP contribution in [0.4, 0.5) is 5.69 Å². The Kier molecular flexibility index (Phi) is 5.74. The second-order valence-corrected chi connectivity index (χ2v) is 6.48. The largest absolute Gasteiger partial charge is 0.379 e. The van der Waals surface area contributed by atoms with Crippen LogP contribution in [0.2, 0.25) is 10.0 Å². The molecule has 1 saturated heterocycles. The van der Waals surface area contributed by atoms with E-state index in [0.717, 1.165) is 5.56 Å². The smallest absolute Gasteiger partial charge is 0.246 e. The van der Waals surface area contributed by atoms with Gasteiger partial charge < -0.3 is 10.1 Å². The van der Waals surface area contributed by atoms with Gasteiger partial charge in [-0.3, -0.25) is 9.69 Å². The first-order valence-corrected chi connectivity index (χ1v) is 8.53. The molecule has 0 bridgehead atoms. The molecule has 1 amide bonds. The van der Waals surface area contributed by atoms with Gasteiger partial charge >= 0.3 is 0 Å². The molecule has 0 spiro atoms. The molecule has 0 aromatic heterocycles. The second kappa shape index (κ2) is 7.99. The molecule has 24 heavy (non-hydrogen) atoms. The van der Waals surface area contributed by atoms with Gasteiger partial charge in [0.15, 0.2) is 0 Å². The highest BCUT2D eigenvalue weighted by Gasteiger charge is 2.29. The monoisotopic (exact) mass is 364 g/mol. The average Bonchev–Trinajstić information content (AvgIpc) is 2.56. The minimum atomic E-state index is -0.382. The van der Waals surface area contributed by atoms with Crippen LogP contribution >= 0.6 is 23.2 Å². The van der Waals surface area contributed by atoms with Gasteiger partial charge in [0.25, 0.3) is 0 Å². The van der Waals surface area contributed by atoms with Crippen molar-refractivity contribution in [3.63, 3.8) is 0 Å². The second-order valence-electron chi connectivity index (χ2n) is 5.61. The molecule has 1 atom stereocenters. The summed E-state index contributed by atoms with van der Waals surface area (Å²) in [6.45, 7) is 2.67. The first-order chi connectivity index (χ1) is 11.6. The molecule has 2 aromatic carbocycles. The molecular formula is C18H18Cl2N2O2. The van der Waals surface area contributed by atoms with E-state index in [1.165, 1.54) is 0 Å². The number of ether oxygens (including phenoxy) is 1. The van der Waals surface area contributed by atoms with Gasteiger partial charge in [0.2, 0.25) is 5.91 Å². The minimum absolute atomic E-state index is 0.110. The third-order valence-corrected chi connectivity index (χ3v) is 4.34. The average molecular weight is 365 g/mol. The van der Waals surface area contributed by atoms with Gasteiger partial charge in [-0.2, -0.15) is 0 Å². The number of anilines is 1. The van der Waals surface area contributed by atoms with Crippen LogP contribution < -0.4 is 5.32 Å². The fourth-order valence-corrected chi connectivity index (χ4v) is 3.36. The highest BCUT2D eigenvalue weighted by Crippen LogP contribution is 2.26. The summed E-state index contributed by atoms with van der Waals surface area (Å²) in [6.07, 6.45) is 0. The van der Waals surface area contributed by atoms with E-state index in [-0.39, 0.29) is 11.9 Å². The maximum atomic E-state index is 13.0. The van der Waals surface area contributed by atoms with Gasteiger partial charge in [-0.1, -0.05) is 53.5 Å².